The van der Waals surface area contributed by atoms with Gasteiger partial charge in [0.2, 0.25) is 0 Å². The van der Waals surface area contributed by atoms with Crippen LogP contribution in [0.3, 0.4) is 0 Å². The van der Waals surface area contributed by atoms with E-state index < -0.39 is 11.7 Å². The average Bonchev–Trinajstić information content (AvgIpc) is 2.29. The second kappa shape index (κ2) is 4.13. The van der Waals surface area contributed by atoms with Crippen LogP contribution in [0.2, 0.25) is 0 Å². The fraction of sp³-hybridized carbons (Fsp3) is 0.0769. The topological polar surface area (TPSA) is 20.2 Å². The van der Waals surface area contributed by atoms with E-state index in [0.717, 1.165) is 12.1 Å². The van der Waals surface area contributed by atoms with Gasteiger partial charge >= 0.3 is 6.18 Å². The van der Waals surface area contributed by atoms with Crippen LogP contribution in [-0.4, -0.2) is 5.11 Å². The number of phenolic OH excluding ortho intramolecular Hbond substituents is 1. The predicted octanol–water partition coefficient (Wildman–Crippen LogP) is 3.88. The van der Waals surface area contributed by atoms with Crippen LogP contribution in [0.5, 0.6) is 5.75 Å². The number of hydrogen-bond acceptors (Lipinski definition) is 1. The number of hydrogen-bond donors (Lipinski definition) is 1. The molecule has 1 nitrogen and oxygen atoms in total. The SMILES string of the molecule is Oc1c[c]ccc1-c1ccc(C(F)(F)F)cc1. The lowest BCUT2D eigenvalue weighted by atomic mass is 10.0. The Labute approximate surface area is 96.1 Å². The first-order chi connectivity index (χ1) is 7.98. The highest BCUT2D eigenvalue weighted by atomic mass is 19.4. The van der Waals surface area contributed by atoms with Gasteiger partial charge in [0.1, 0.15) is 5.75 Å². The Kier molecular flexibility index (Phi) is 2.79. The molecule has 87 valence electrons. The van der Waals surface area contributed by atoms with E-state index in [2.05, 4.69) is 6.07 Å². The molecular weight excluding hydrogens is 229 g/mol. The fourth-order valence-electron chi connectivity index (χ4n) is 1.50. The van der Waals surface area contributed by atoms with Gasteiger partial charge in [-0.25, -0.2) is 0 Å². The highest BCUT2D eigenvalue weighted by Crippen LogP contribution is 2.33. The number of rotatable bonds is 1. The highest BCUT2D eigenvalue weighted by Gasteiger charge is 2.29. The van der Waals surface area contributed by atoms with Gasteiger partial charge in [0, 0.05) is 5.56 Å². The van der Waals surface area contributed by atoms with Crippen LogP contribution in [-0.2, 0) is 6.18 Å². The number of halogens is 3. The Balaban J connectivity index is 2.40. The second-order valence-corrected chi connectivity index (χ2v) is 3.52. The molecule has 4 heteroatoms. The minimum absolute atomic E-state index is 0.00717. The number of benzene rings is 2. The lowest BCUT2D eigenvalue weighted by Crippen LogP contribution is -2.03. The van der Waals surface area contributed by atoms with Crippen LogP contribution < -0.4 is 0 Å². The summed E-state index contributed by atoms with van der Waals surface area (Å²) in [5.41, 5.74) is 0.310. The van der Waals surface area contributed by atoms with Gasteiger partial charge in [0.15, 0.2) is 0 Å². The van der Waals surface area contributed by atoms with E-state index in [1.807, 2.05) is 0 Å². The van der Waals surface area contributed by atoms with Crippen molar-refractivity contribution in [3.05, 3.63) is 54.1 Å². The summed E-state index contributed by atoms with van der Waals surface area (Å²) in [6.07, 6.45) is -4.34. The van der Waals surface area contributed by atoms with Crippen LogP contribution in [0.1, 0.15) is 5.56 Å². The first-order valence-electron chi connectivity index (χ1n) is 4.85. The van der Waals surface area contributed by atoms with E-state index in [1.165, 1.54) is 18.2 Å². The third-order valence-electron chi connectivity index (χ3n) is 2.37. The molecule has 2 rings (SSSR count). The Hall–Kier alpha value is -1.97. The molecule has 0 unspecified atom stereocenters. The molecule has 0 saturated heterocycles. The molecule has 0 spiro atoms. The molecular formula is C13H8F3O. The molecule has 0 heterocycles. The Morgan fingerprint density at radius 3 is 2.18 bits per heavy atom. The largest absolute Gasteiger partial charge is 0.507 e. The van der Waals surface area contributed by atoms with Crippen molar-refractivity contribution in [2.45, 2.75) is 6.18 Å². The van der Waals surface area contributed by atoms with Gasteiger partial charge in [-0.3, -0.25) is 0 Å². The zero-order valence-electron chi connectivity index (χ0n) is 8.62. The zero-order valence-corrected chi connectivity index (χ0v) is 8.62. The summed E-state index contributed by atoms with van der Waals surface area (Å²) in [6, 6.07) is 11.9. The molecule has 2 aromatic carbocycles. The summed E-state index contributed by atoms with van der Waals surface area (Å²) in [5.74, 6) is -0.00717. The monoisotopic (exact) mass is 237 g/mol. The van der Waals surface area contributed by atoms with Crippen LogP contribution in [0.4, 0.5) is 13.2 Å². The highest BCUT2D eigenvalue weighted by molar-refractivity contribution is 5.69. The standard InChI is InChI=1S/C13H8F3O/c14-13(15,16)10-7-5-9(6-8-10)11-3-1-2-4-12(11)17/h1,3-8,17H. The van der Waals surface area contributed by atoms with E-state index in [9.17, 15) is 18.3 Å². The molecule has 0 atom stereocenters. The minimum Gasteiger partial charge on any atom is -0.507 e. The molecule has 1 N–H and O–H groups in total. The van der Waals surface area contributed by atoms with Crippen molar-refractivity contribution in [2.75, 3.05) is 0 Å². The third-order valence-corrected chi connectivity index (χ3v) is 2.37. The molecule has 17 heavy (non-hydrogen) atoms. The predicted molar refractivity (Wildman–Crippen MR) is 57.4 cm³/mol. The Morgan fingerprint density at radius 1 is 1.00 bits per heavy atom. The van der Waals surface area contributed by atoms with Gasteiger partial charge in [-0.1, -0.05) is 24.3 Å². The minimum atomic E-state index is -4.34. The lowest BCUT2D eigenvalue weighted by molar-refractivity contribution is -0.137. The van der Waals surface area contributed by atoms with Crippen LogP contribution in [0.15, 0.2) is 42.5 Å². The quantitative estimate of drug-likeness (QED) is 0.798. The van der Waals surface area contributed by atoms with Crippen molar-refractivity contribution in [1.29, 1.82) is 0 Å². The molecule has 2 aromatic rings. The number of alkyl halides is 3. The van der Waals surface area contributed by atoms with Crippen LogP contribution in [0, 0.1) is 6.07 Å². The maximum Gasteiger partial charge on any atom is 0.416 e. The number of phenols is 1. The second-order valence-electron chi connectivity index (χ2n) is 3.52. The summed E-state index contributed by atoms with van der Waals surface area (Å²) >= 11 is 0. The van der Waals surface area contributed by atoms with Gasteiger partial charge in [-0.05, 0) is 29.8 Å². The van der Waals surface area contributed by atoms with Crippen molar-refractivity contribution >= 4 is 0 Å². The van der Waals surface area contributed by atoms with Crippen LogP contribution >= 0.6 is 0 Å². The maximum atomic E-state index is 12.3. The van der Waals surface area contributed by atoms with Crippen LogP contribution in [0.25, 0.3) is 11.1 Å². The van der Waals surface area contributed by atoms with E-state index in [1.54, 1.807) is 12.1 Å². The molecule has 0 aliphatic rings. The first kappa shape index (κ1) is 11.5. The molecule has 0 fully saturated rings. The number of aromatic hydroxyl groups is 1. The molecule has 0 saturated carbocycles. The maximum absolute atomic E-state index is 12.3. The summed E-state index contributed by atoms with van der Waals surface area (Å²) in [4.78, 5) is 0. The van der Waals surface area contributed by atoms with Crippen molar-refractivity contribution < 1.29 is 18.3 Å². The average molecular weight is 237 g/mol. The summed E-state index contributed by atoms with van der Waals surface area (Å²) in [7, 11) is 0. The van der Waals surface area contributed by atoms with Gasteiger partial charge in [0.05, 0.1) is 5.56 Å². The van der Waals surface area contributed by atoms with Crippen molar-refractivity contribution in [3.63, 3.8) is 0 Å². The summed E-state index contributed by atoms with van der Waals surface area (Å²) in [6.45, 7) is 0. The molecule has 1 radical (unpaired) electrons. The third kappa shape index (κ3) is 2.41. The molecule has 0 bridgehead atoms. The zero-order chi connectivity index (χ0) is 12.5. The summed E-state index contributed by atoms with van der Waals surface area (Å²) in [5, 5.41) is 9.54. The molecule has 0 aromatic heterocycles. The van der Waals surface area contributed by atoms with Gasteiger partial charge in [0.25, 0.3) is 0 Å². The summed E-state index contributed by atoms with van der Waals surface area (Å²) < 4.78 is 37.0. The van der Waals surface area contributed by atoms with Gasteiger partial charge in [-0.15, -0.1) is 0 Å². The first-order valence-corrected chi connectivity index (χ1v) is 4.85. The lowest BCUT2D eigenvalue weighted by Gasteiger charge is -2.08. The Bertz CT molecular complexity index is 515. The van der Waals surface area contributed by atoms with E-state index in [4.69, 9.17) is 0 Å². The van der Waals surface area contributed by atoms with E-state index >= 15 is 0 Å². The van der Waals surface area contributed by atoms with Crippen molar-refractivity contribution in [2.24, 2.45) is 0 Å². The van der Waals surface area contributed by atoms with E-state index in [-0.39, 0.29) is 5.75 Å². The molecule has 0 amide bonds. The normalized spacial score (nSPS) is 11.5. The molecule has 0 aliphatic carbocycles. The smallest absolute Gasteiger partial charge is 0.416 e. The fourth-order valence-corrected chi connectivity index (χ4v) is 1.50. The van der Waals surface area contributed by atoms with E-state index in [0.29, 0.717) is 11.1 Å². The van der Waals surface area contributed by atoms with Gasteiger partial charge in [-0.2, -0.15) is 13.2 Å². The van der Waals surface area contributed by atoms with Crippen molar-refractivity contribution in [1.82, 2.24) is 0 Å². The van der Waals surface area contributed by atoms with Crippen molar-refractivity contribution in [3.8, 4) is 16.9 Å². The Morgan fingerprint density at radius 2 is 1.65 bits per heavy atom. The molecule has 0 aliphatic heterocycles. The van der Waals surface area contributed by atoms with Gasteiger partial charge < -0.3 is 5.11 Å².